The number of para-hydroxylation sites is 1. The molecule has 0 spiro atoms. The first-order chi connectivity index (χ1) is 10.5. The van der Waals surface area contributed by atoms with Crippen molar-refractivity contribution in [2.24, 2.45) is 0 Å². The van der Waals surface area contributed by atoms with E-state index in [9.17, 15) is 8.42 Å². The van der Waals surface area contributed by atoms with Crippen LogP contribution in [0.2, 0.25) is 5.02 Å². The fourth-order valence-corrected chi connectivity index (χ4v) is 4.32. The van der Waals surface area contributed by atoms with Gasteiger partial charge in [-0.25, -0.2) is 8.42 Å². The minimum Gasteiger partial charge on any atom is -0.278 e. The van der Waals surface area contributed by atoms with E-state index >= 15 is 0 Å². The molecule has 1 aliphatic rings. The van der Waals surface area contributed by atoms with Gasteiger partial charge in [-0.05, 0) is 31.9 Å². The summed E-state index contributed by atoms with van der Waals surface area (Å²) in [5.41, 5.74) is 0.878. The van der Waals surface area contributed by atoms with Gasteiger partial charge in [0.2, 0.25) is 0 Å². The Kier molecular flexibility index (Phi) is 4.14. The maximum absolute atomic E-state index is 12.6. The summed E-state index contributed by atoms with van der Waals surface area (Å²) in [7, 11) is -3.69. The number of aryl methyl sites for hydroxylation is 1. The van der Waals surface area contributed by atoms with Crippen LogP contribution in [0.1, 0.15) is 37.4 Å². The van der Waals surface area contributed by atoms with Crippen LogP contribution in [0, 0.1) is 6.92 Å². The molecule has 1 fully saturated rings. The summed E-state index contributed by atoms with van der Waals surface area (Å²) >= 11 is 6.02. The number of nitrogens with one attached hydrogen (secondary N) is 1. The third kappa shape index (κ3) is 2.98. The molecule has 1 aromatic heterocycles. The normalized spacial score (nSPS) is 16.1. The van der Waals surface area contributed by atoms with Crippen LogP contribution in [0.25, 0.3) is 0 Å². The highest BCUT2D eigenvalue weighted by Gasteiger charge is 2.25. The van der Waals surface area contributed by atoms with Gasteiger partial charge >= 0.3 is 0 Å². The highest BCUT2D eigenvalue weighted by molar-refractivity contribution is 7.92. The molecule has 0 radical (unpaired) electrons. The summed E-state index contributed by atoms with van der Waals surface area (Å²) in [6, 6.07) is 7.08. The van der Waals surface area contributed by atoms with Crippen LogP contribution in [-0.2, 0) is 10.0 Å². The number of hydrogen-bond acceptors (Lipinski definition) is 3. The maximum atomic E-state index is 12.6. The Morgan fingerprint density at radius 2 is 1.95 bits per heavy atom. The lowest BCUT2D eigenvalue weighted by Gasteiger charge is -2.09. The molecule has 7 heteroatoms. The maximum Gasteiger partial charge on any atom is 0.265 e. The first kappa shape index (κ1) is 15.4. The second kappa shape index (κ2) is 5.93. The van der Waals surface area contributed by atoms with E-state index in [4.69, 9.17) is 11.6 Å². The van der Waals surface area contributed by atoms with Crippen molar-refractivity contribution in [3.63, 3.8) is 0 Å². The van der Waals surface area contributed by atoms with E-state index in [-0.39, 0.29) is 4.90 Å². The van der Waals surface area contributed by atoms with Crippen LogP contribution in [0.5, 0.6) is 0 Å². The Labute approximate surface area is 135 Å². The van der Waals surface area contributed by atoms with Crippen molar-refractivity contribution in [1.29, 1.82) is 0 Å². The van der Waals surface area contributed by atoms with E-state index in [1.807, 2.05) is 0 Å². The fraction of sp³-hybridized carbons (Fsp3) is 0.400. The van der Waals surface area contributed by atoms with Crippen LogP contribution in [0.4, 0.5) is 5.69 Å². The minimum atomic E-state index is -3.69. The van der Waals surface area contributed by atoms with Crippen molar-refractivity contribution in [1.82, 2.24) is 9.78 Å². The number of anilines is 1. The molecule has 1 heterocycles. The van der Waals surface area contributed by atoms with Gasteiger partial charge < -0.3 is 0 Å². The average molecular weight is 340 g/mol. The number of aromatic nitrogens is 2. The summed E-state index contributed by atoms with van der Waals surface area (Å²) < 4.78 is 29.5. The van der Waals surface area contributed by atoms with Gasteiger partial charge in [-0.2, -0.15) is 5.10 Å². The van der Waals surface area contributed by atoms with Crippen molar-refractivity contribution in [2.45, 2.75) is 43.5 Å². The molecule has 1 aliphatic carbocycles. The lowest BCUT2D eigenvalue weighted by molar-refractivity contribution is 0.464. The molecule has 1 aromatic carbocycles. The Morgan fingerprint density at radius 1 is 1.27 bits per heavy atom. The van der Waals surface area contributed by atoms with Crippen LogP contribution in [0.15, 0.2) is 35.4 Å². The molecule has 22 heavy (non-hydrogen) atoms. The van der Waals surface area contributed by atoms with Crippen LogP contribution < -0.4 is 4.72 Å². The highest BCUT2D eigenvalue weighted by Crippen LogP contribution is 2.31. The Balaban J connectivity index is 1.90. The number of hydrogen-bond donors (Lipinski definition) is 1. The Morgan fingerprint density at radius 3 is 2.64 bits per heavy atom. The van der Waals surface area contributed by atoms with E-state index < -0.39 is 10.0 Å². The van der Waals surface area contributed by atoms with Gasteiger partial charge in [0.15, 0.2) is 0 Å². The molecule has 0 amide bonds. The fourth-order valence-electron chi connectivity index (χ4n) is 2.83. The second-order valence-electron chi connectivity index (χ2n) is 5.58. The van der Waals surface area contributed by atoms with Crippen molar-refractivity contribution in [3.8, 4) is 0 Å². The molecule has 0 saturated heterocycles. The van der Waals surface area contributed by atoms with Gasteiger partial charge in [0.05, 0.1) is 22.4 Å². The standard InChI is InChI=1S/C15H18ClN3O2S/c1-11-15(10-19(17-11)12-6-2-3-7-12)22(20,21)18-14-9-5-4-8-13(14)16/h4-5,8-10,12,18H,2-3,6-7H2,1H3. The van der Waals surface area contributed by atoms with Crippen molar-refractivity contribution >= 4 is 27.3 Å². The van der Waals surface area contributed by atoms with Gasteiger partial charge in [0.25, 0.3) is 10.0 Å². The first-order valence-electron chi connectivity index (χ1n) is 7.30. The van der Waals surface area contributed by atoms with Gasteiger partial charge in [0.1, 0.15) is 4.90 Å². The topological polar surface area (TPSA) is 64.0 Å². The molecule has 0 bridgehead atoms. The third-order valence-corrected chi connectivity index (χ3v) is 5.78. The van der Waals surface area contributed by atoms with E-state index in [2.05, 4.69) is 9.82 Å². The van der Waals surface area contributed by atoms with E-state index in [1.165, 1.54) is 12.8 Å². The first-order valence-corrected chi connectivity index (χ1v) is 9.16. The molecular weight excluding hydrogens is 322 g/mol. The van der Waals surface area contributed by atoms with Gasteiger partial charge in [-0.1, -0.05) is 36.6 Å². The van der Waals surface area contributed by atoms with Crippen LogP contribution in [-0.4, -0.2) is 18.2 Å². The lowest BCUT2D eigenvalue weighted by atomic mass is 10.3. The zero-order valence-electron chi connectivity index (χ0n) is 12.3. The quantitative estimate of drug-likeness (QED) is 0.922. The minimum absolute atomic E-state index is 0.208. The predicted octanol–water partition coefficient (Wildman–Crippen LogP) is 3.76. The number of rotatable bonds is 4. The summed E-state index contributed by atoms with van der Waals surface area (Å²) in [5, 5.41) is 4.75. The SMILES string of the molecule is Cc1nn(C2CCCC2)cc1S(=O)(=O)Nc1ccccc1Cl. The van der Waals surface area contributed by atoms with Gasteiger partial charge in [0, 0.05) is 6.20 Å². The van der Waals surface area contributed by atoms with Gasteiger partial charge in [-0.3, -0.25) is 9.40 Å². The predicted molar refractivity (Wildman–Crippen MR) is 86.7 cm³/mol. The Bertz CT molecular complexity index is 780. The van der Waals surface area contributed by atoms with Gasteiger partial charge in [-0.15, -0.1) is 0 Å². The molecule has 118 valence electrons. The zero-order chi connectivity index (χ0) is 15.7. The second-order valence-corrected chi connectivity index (χ2v) is 7.64. The zero-order valence-corrected chi connectivity index (χ0v) is 13.9. The summed E-state index contributed by atoms with van der Waals surface area (Å²) in [4.78, 5) is 0.208. The number of benzene rings is 1. The number of sulfonamides is 1. The average Bonchev–Trinajstić information content (AvgIpc) is 3.10. The summed E-state index contributed by atoms with van der Waals surface area (Å²) in [6.45, 7) is 1.71. The number of halogens is 1. The third-order valence-electron chi connectivity index (χ3n) is 3.98. The number of nitrogens with zero attached hydrogens (tertiary/aromatic N) is 2. The molecule has 5 nitrogen and oxygen atoms in total. The highest BCUT2D eigenvalue weighted by atomic mass is 35.5. The molecule has 0 aliphatic heterocycles. The van der Waals surface area contributed by atoms with Crippen molar-refractivity contribution in [3.05, 3.63) is 41.2 Å². The van der Waals surface area contributed by atoms with Crippen molar-refractivity contribution < 1.29 is 8.42 Å². The molecular formula is C15H18ClN3O2S. The smallest absolute Gasteiger partial charge is 0.265 e. The largest absolute Gasteiger partial charge is 0.278 e. The molecule has 0 unspecified atom stereocenters. The van der Waals surface area contributed by atoms with E-state index in [0.717, 1.165) is 12.8 Å². The van der Waals surface area contributed by atoms with Crippen molar-refractivity contribution in [2.75, 3.05) is 4.72 Å². The molecule has 3 rings (SSSR count). The summed E-state index contributed by atoms with van der Waals surface area (Å²) in [5.74, 6) is 0. The van der Waals surface area contributed by atoms with E-state index in [1.54, 1.807) is 42.1 Å². The monoisotopic (exact) mass is 339 g/mol. The lowest BCUT2D eigenvalue weighted by Crippen LogP contribution is -2.13. The van der Waals surface area contributed by atoms with Crippen LogP contribution >= 0.6 is 11.6 Å². The Hall–Kier alpha value is -1.53. The summed E-state index contributed by atoms with van der Waals surface area (Å²) in [6.07, 6.45) is 6.08. The molecule has 0 atom stereocenters. The molecule has 1 N–H and O–H groups in total. The molecule has 1 saturated carbocycles. The van der Waals surface area contributed by atoms with Crippen LogP contribution in [0.3, 0.4) is 0 Å². The van der Waals surface area contributed by atoms with E-state index in [0.29, 0.717) is 22.4 Å². The molecule has 2 aromatic rings.